The minimum Gasteiger partial charge on any atom is -0.449 e. The van der Waals surface area contributed by atoms with Gasteiger partial charge in [-0.3, -0.25) is 0 Å². The van der Waals surface area contributed by atoms with E-state index in [0.717, 1.165) is 4.31 Å². The quantitative estimate of drug-likeness (QED) is 0.618. The van der Waals surface area contributed by atoms with Crippen LogP contribution in [-0.2, 0) is 14.9 Å². The number of nitrogens with zero attached hydrogens (tertiary/aromatic N) is 1. The van der Waals surface area contributed by atoms with Crippen LogP contribution >= 0.6 is 0 Å². The average Bonchev–Trinajstić information content (AvgIpc) is 1.98. The molecular formula is C6H12N2O5S. The van der Waals surface area contributed by atoms with E-state index >= 15 is 0 Å². The Morgan fingerprint density at radius 3 is 2.64 bits per heavy atom. The number of aliphatic hydroxyl groups excluding tert-OH is 1. The van der Waals surface area contributed by atoms with Gasteiger partial charge in [-0.1, -0.05) is 0 Å². The summed E-state index contributed by atoms with van der Waals surface area (Å²) < 4.78 is 29.6. The predicted octanol–water partition coefficient (Wildman–Crippen LogP) is -1.35. The first kappa shape index (κ1) is 11.2. The lowest BCUT2D eigenvalue weighted by Crippen LogP contribution is -2.57. The molecule has 0 radical (unpaired) electrons. The van der Waals surface area contributed by atoms with E-state index < -0.39 is 22.4 Å². The van der Waals surface area contributed by atoms with Gasteiger partial charge in [0.25, 0.3) is 0 Å². The van der Waals surface area contributed by atoms with Crippen LogP contribution in [0.5, 0.6) is 0 Å². The van der Waals surface area contributed by atoms with Crippen LogP contribution in [0, 0.1) is 0 Å². The largest absolute Gasteiger partial charge is 0.449 e. The van der Waals surface area contributed by atoms with Crippen molar-refractivity contribution < 1.29 is 23.1 Å². The van der Waals surface area contributed by atoms with E-state index in [2.05, 4.69) is 4.74 Å². The van der Waals surface area contributed by atoms with Crippen LogP contribution in [0.2, 0.25) is 0 Å². The number of hydrogen-bond donors (Lipinski definition) is 2. The van der Waals surface area contributed by atoms with E-state index in [1.165, 1.54) is 0 Å². The Hall–Kier alpha value is -0.860. The lowest BCUT2D eigenvalue weighted by molar-refractivity contribution is 0.0537. The Morgan fingerprint density at radius 2 is 2.21 bits per heavy atom. The second kappa shape index (κ2) is 4.11. The Labute approximate surface area is 81.8 Å². The first-order valence-corrected chi connectivity index (χ1v) is 5.52. The first-order chi connectivity index (χ1) is 6.45. The lowest BCUT2D eigenvalue weighted by Gasteiger charge is -2.33. The van der Waals surface area contributed by atoms with Gasteiger partial charge in [0.05, 0.1) is 12.7 Å². The third-order valence-corrected chi connectivity index (χ3v) is 3.06. The van der Waals surface area contributed by atoms with Gasteiger partial charge >= 0.3 is 16.3 Å². The molecule has 14 heavy (non-hydrogen) atoms. The lowest BCUT2D eigenvalue weighted by atomic mass is 10.2. The van der Waals surface area contributed by atoms with Gasteiger partial charge in [0, 0.05) is 13.1 Å². The highest BCUT2D eigenvalue weighted by molar-refractivity contribution is 7.87. The summed E-state index contributed by atoms with van der Waals surface area (Å²) in [7, 11) is -3.83. The molecule has 0 bridgehead atoms. The van der Waals surface area contributed by atoms with E-state index in [1.807, 2.05) is 0 Å². The van der Waals surface area contributed by atoms with Crippen LogP contribution < -0.4 is 4.72 Å². The summed E-state index contributed by atoms with van der Waals surface area (Å²) >= 11 is 0. The number of ether oxygens (including phenoxy) is 1. The van der Waals surface area contributed by atoms with E-state index in [9.17, 15) is 13.2 Å². The van der Waals surface area contributed by atoms with Crippen molar-refractivity contribution in [3.05, 3.63) is 0 Å². The fourth-order valence-electron chi connectivity index (χ4n) is 0.943. The van der Waals surface area contributed by atoms with E-state index in [4.69, 9.17) is 5.11 Å². The predicted molar refractivity (Wildman–Crippen MR) is 46.7 cm³/mol. The SMILES string of the molecule is CCOC(=O)NS(=O)(=O)N1CC(O)C1. The molecule has 1 saturated heterocycles. The van der Waals surface area contributed by atoms with E-state index in [1.54, 1.807) is 11.6 Å². The van der Waals surface area contributed by atoms with Crippen LogP contribution in [0.15, 0.2) is 0 Å². The van der Waals surface area contributed by atoms with Gasteiger partial charge in [0.1, 0.15) is 0 Å². The molecule has 0 spiro atoms. The topological polar surface area (TPSA) is 95.9 Å². The minimum absolute atomic E-state index is 0.00867. The second-order valence-electron chi connectivity index (χ2n) is 2.80. The maximum absolute atomic E-state index is 11.2. The number of amides is 1. The zero-order valence-electron chi connectivity index (χ0n) is 7.63. The molecule has 1 rings (SSSR count). The van der Waals surface area contributed by atoms with Gasteiger partial charge in [-0.2, -0.15) is 12.7 Å². The van der Waals surface area contributed by atoms with Crippen LogP contribution in [0.3, 0.4) is 0 Å². The molecule has 0 aliphatic carbocycles. The summed E-state index contributed by atoms with van der Waals surface area (Å²) in [4.78, 5) is 10.8. The summed E-state index contributed by atoms with van der Waals surface area (Å²) in [5.74, 6) is 0. The van der Waals surface area contributed by atoms with Crippen LogP contribution in [-0.4, -0.2) is 49.7 Å². The number of nitrogens with one attached hydrogen (secondary N) is 1. The molecule has 1 fully saturated rings. The van der Waals surface area contributed by atoms with Gasteiger partial charge in [-0.05, 0) is 6.92 Å². The highest BCUT2D eigenvalue weighted by Crippen LogP contribution is 2.11. The molecule has 7 nitrogen and oxygen atoms in total. The molecule has 0 unspecified atom stereocenters. The smallest absolute Gasteiger partial charge is 0.421 e. The van der Waals surface area contributed by atoms with Crippen molar-refractivity contribution in [2.75, 3.05) is 19.7 Å². The average molecular weight is 224 g/mol. The number of aliphatic hydroxyl groups is 1. The summed E-state index contributed by atoms with van der Waals surface area (Å²) in [6.07, 6.45) is -1.65. The summed E-state index contributed by atoms with van der Waals surface area (Å²) in [6.45, 7) is 1.69. The fraction of sp³-hybridized carbons (Fsp3) is 0.833. The molecule has 0 aromatic rings. The standard InChI is InChI=1S/C6H12N2O5S/c1-2-13-6(10)7-14(11,12)8-3-5(9)4-8/h5,9H,2-4H2,1H3,(H,7,10). The highest BCUT2D eigenvalue weighted by atomic mass is 32.2. The zero-order valence-corrected chi connectivity index (χ0v) is 8.45. The molecule has 1 amide bonds. The number of carbonyl (C=O) groups is 1. The Kier molecular flexibility index (Phi) is 3.29. The molecule has 2 N–H and O–H groups in total. The molecule has 1 heterocycles. The van der Waals surface area contributed by atoms with Gasteiger partial charge in [0.15, 0.2) is 0 Å². The molecule has 0 aromatic carbocycles. The zero-order chi connectivity index (χ0) is 10.8. The first-order valence-electron chi connectivity index (χ1n) is 4.08. The third kappa shape index (κ3) is 2.56. The second-order valence-corrected chi connectivity index (χ2v) is 4.47. The van der Waals surface area contributed by atoms with Crippen molar-refractivity contribution in [2.24, 2.45) is 0 Å². The van der Waals surface area contributed by atoms with E-state index in [-0.39, 0.29) is 19.7 Å². The van der Waals surface area contributed by atoms with Gasteiger partial charge in [-0.15, -0.1) is 0 Å². The molecule has 0 saturated carbocycles. The monoisotopic (exact) mass is 224 g/mol. The van der Waals surface area contributed by atoms with Crippen LogP contribution in [0.1, 0.15) is 6.92 Å². The molecule has 0 atom stereocenters. The number of hydrogen-bond acceptors (Lipinski definition) is 5. The Morgan fingerprint density at radius 1 is 1.64 bits per heavy atom. The van der Waals surface area contributed by atoms with Crippen LogP contribution in [0.4, 0.5) is 4.79 Å². The molecular weight excluding hydrogens is 212 g/mol. The number of rotatable bonds is 3. The Bertz CT molecular complexity index is 308. The third-order valence-electron chi connectivity index (χ3n) is 1.66. The molecule has 1 aliphatic rings. The summed E-state index contributed by atoms with van der Waals surface area (Å²) in [6, 6.07) is 0. The fourth-order valence-corrected chi connectivity index (χ4v) is 2.08. The number of β-amino-alcohol motifs (C(OH)–C–C–N with tert-alkyl or cyclic N) is 1. The maximum atomic E-state index is 11.2. The summed E-state index contributed by atoms with van der Waals surface area (Å²) in [5, 5.41) is 8.87. The maximum Gasteiger partial charge on any atom is 0.421 e. The van der Waals surface area contributed by atoms with Gasteiger partial charge in [-0.25, -0.2) is 9.52 Å². The van der Waals surface area contributed by atoms with Crippen molar-refractivity contribution in [3.8, 4) is 0 Å². The van der Waals surface area contributed by atoms with Crippen LogP contribution in [0.25, 0.3) is 0 Å². The van der Waals surface area contributed by atoms with Gasteiger partial charge in [0.2, 0.25) is 0 Å². The molecule has 82 valence electrons. The number of carbonyl (C=O) groups excluding carboxylic acids is 1. The highest BCUT2D eigenvalue weighted by Gasteiger charge is 2.35. The van der Waals surface area contributed by atoms with Crippen molar-refractivity contribution in [2.45, 2.75) is 13.0 Å². The van der Waals surface area contributed by atoms with Gasteiger partial charge < -0.3 is 9.84 Å². The molecule has 1 aliphatic heterocycles. The Balaban J connectivity index is 2.46. The van der Waals surface area contributed by atoms with E-state index in [0.29, 0.717) is 0 Å². The van der Waals surface area contributed by atoms with Crippen molar-refractivity contribution in [1.82, 2.24) is 9.03 Å². The van der Waals surface area contributed by atoms with Crippen molar-refractivity contribution >= 4 is 16.3 Å². The summed E-state index contributed by atoms with van der Waals surface area (Å²) in [5.41, 5.74) is 0. The molecule has 0 aromatic heterocycles. The normalized spacial score (nSPS) is 18.7. The van der Waals surface area contributed by atoms with Crippen molar-refractivity contribution in [1.29, 1.82) is 0 Å². The molecule has 8 heteroatoms. The van der Waals surface area contributed by atoms with Crippen molar-refractivity contribution in [3.63, 3.8) is 0 Å². The minimum atomic E-state index is -3.83.